The molecule has 0 heterocycles. The van der Waals surface area contributed by atoms with E-state index in [0.717, 1.165) is 9.99 Å². The minimum atomic E-state index is -0.489. The third-order valence-corrected chi connectivity index (χ3v) is 2.84. The molecule has 0 saturated carbocycles. The van der Waals surface area contributed by atoms with Crippen LogP contribution in [0.3, 0.4) is 0 Å². The Morgan fingerprint density at radius 3 is 2.69 bits per heavy atom. The van der Waals surface area contributed by atoms with Crippen molar-refractivity contribution >= 4 is 11.4 Å². The van der Waals surface area contributed by atoms with E-state index in [2.05, 4.69) is 0 Å². The van der Waals surface area contributed by atoms with E-state index < -0.39 is 4.92 Å². The Kier molecular flexibility index (Phi) is 3.43. The van der Waals surface area contributed by atoms with Crippen LogP contribution in [0.5, 0.6) is 0 Å². The normalized spacial score (nSPS) is 10.2. The number of rotatable bonds is 3. The van der Waals surface area contributed by atoms with Crippen LogP contribution >= 0.6 is 0 Å². The Morgan fingerprint density at radius 2 is 2.23 bits per heavy atom. The molecule has 0 saturated heterocycles. The quantitative estimate of drug-likeness (QED) is 0.163. The molecule has 1 rings (SSSR count). The van der Waals surface area contributed by atoms with Crippen LogP contribution in [0.25, 0.3) is 0 Å². The molecule has 0 fully saturated rings. The van der Waals surface area contributed by atoms with Crippen LogP contribution in [0, 0.1) is 10.1 Å². The van der Waals surface area contributed by atoms with Gasteiger partial charge in [-0.1, -0.05) is 0 Å². The van der Waals surface area contributed by atoms with Crippen molar-refractivity contribution in [1.29, 1.82) is 0 Å². The van der Waals surface area contributed by atoms with E-state index in [1.807, 2.05) is 0 Å². The van der Waals surface area contributed by atoms with Crippen LogP contribution in [0.4, 0.5) is 11.4 Å². The molecule has 0 spiro atoms. The van der Waals surface area contributed by atoms with E-state index >= 15 is 0 Å². The van der Waals surface area contributed by atoms with Crippen LogP contribution < -0.4 is 31.2 Å². The first-order chi connectivity index (χ1) is 6.15. The first-order valence-electron chi connectivity index (χ1n) is 3.45. The van der Waals surface area contributed by atoms with E-state index in [0.29, 0.717) is 0 Å². The standard InChI is InChI=1S/C7H9IN3O2/c9-6-3-5(4-8-10)1-2-7(6)11(12)13/h1-3H,4,9-10H2/q-1. The van der Waals surface area contributed by atoms with Crippen LogP contribution in [0.15, 0.2) is 18.2 Å². The number of nitrogen functional groups attached to an aromatic ring is 1. The molecular formula is C7H9IN3O2-. The Labute approximate surface area is 85.9 Å². The number of halogens is 1. The molecule has 72 valence electrons. The van der Waals surface area contributed by atoms with Gasteiger partial charge in [0.15, 0.2) is 0 Å². The van der Waals surface area contributed by atoms with Gasteiger partial charge in [-0.3, -0.25) is 0 Å². The summed E-state index contributed by atoms with van der Waals surface area (Å²) in [4.78, 5) is 9.91. The van der Waals surface area contributed by atoms with E-state index in [-0.39, 0.29) is 32.9 Å². The average Bonchev–Trinajstić information content (AvgIpc) is 2.04. The van der Waals surface area contributed by atoms with Crippen molar-refractivity contribution in [3.63, 3.8) is 0 Å². The van der Waals surface area contributed by atoms with Crippen molar-refractivity contribution in [2.75, 3.05) is 5.73 Å². The Morgan fingerprint density at radius 1 is 1.54 bits per heavy atom. The molecule has 0 unspecified atom stereocenters. The fourth-order valence-electron chi connectivity index (χ4n) is 0.942. The second-order valence-electron chi connectivity index (χ2n) is 2.44. The van der Waals surface area contributed by atoms with Gasteiger partial charge in [-0.2, -0.15) is 0 Å². The van der Waals surface area contributed by atoms with Crippen LogP contribution in [-0.4, -0.2) is 4.92 Å². The molecule has 0 bridgehead atoms. The zero-order valence-corrected chi connectivity index (χ0v) is 8.89. The summed E-state index contributed by atoms with van der Waals surface area (Å²) in [5, 5.41) is 10.4. The summed E-state index contributed by atoms with van der Waals surface area (Å²) >= 11 is -0.335. The monoisotopic (exact) mass is 294 g/mol. The van der Waals surface area contributed by atoms with Gasteiger partial charge < -0.3 is 0 Å². The van der Waals surface area contributed by atoms with Crippen LogP contribution in [-0.2, 0) is 4.43 Å². The maximum atomic E-state index is 10.4. The predicted molar refractivity (Wildman–Crippen MR) is 45.4 cm³/mol. The fraction of sp³-hybridized carbons (Fsp3) is 0.143. The molecule has 0 aliphatic heterocycles. The Balaban J connectivity index is 2.98. The van der Waals surface area contributed by atoms with E-state index in [9.17, 15) is 10.1 Å². The fourth-order valence-corrected chi connectivity index (χ4v) is 1.93. The molecular weight excluding hydrogens is 285 g/mol. The number of alkyl halides is 1. The number of benzene rings is 1. The van der Waals surface area contributed by atoms with Crippen molar-refractivity contribution in [3.05, 3.63) is 33.9 Å². The summed E-state index contributed by atoms with van der Waals surface area (Å²) in [5.74, 6) is 0. The average molecular weight is 294 g/mol. The summed E-state index contributed by atoms with van der Waals surface area (Å²) in [6.07, 6.45) is 0. The van der Waals surface area contributed by atoms with Crippen molar-refractivity contribution in [1.82, 2.24) is 0 Å². The van der Waals surface area contributed by atoms with E-state index in [1.165, 1.54) is 6.07 Å². The summed E-state index contributed by atoms with van der Waals surface area (Å²) in [5.41, 5.74) is 6.62. The number of nitro benzene ring substituents is 1. The van der Waals surface area contributed by atoms with Gasteiger partial charge in [-0.25, -0.2) is 0 Å². The third kappa shape index (κ3) is 2.52. The zero-order valence-electron chi connectivity index (χ0n) is 6.74. The summed E-state index contributed by atoms with van der Waals surface area (Å²) < 4.78 is 6.24. The molecule has 0 aromatic heterocycles. The molecule has 0 radical (unpaired) electrons. The predicted octanol–water partition coefficient (Wildman–Crippen LogP) is -2.36. The van der Waals surface area contributed by atoms with Crippen molar-refractivity contribution in [3.8, 4) is 0 Å². The van der Waals surface area contributed by atoms with Crippen LogP contribution in [0.1, 0.15) is 5.56 Å². The summed E-state index contributed by atoms with van der Waals surface area (Å²) in [6.45, 7) is 0. The third-order valence-electron chi connectivity index (χ3n) is 1.52. The molecule has 0 aliphatic carbocycles. The number of anilines is 1. The van der Waals surface area contributed by atoms with E-state index in [1.54, 1.807) is 12.1 Å². The van der Waals surface area contributed by atoms with E-state index in [4.69, 9.17) is 9.68 Å². The van der Waals surface area contributed by atoms with Crippen molar-refractivity contribution < 1.29 is 26.4 Å². The number of hydrogen-bond donors (Lipinski definition) is 2. The minimum absolute atomic E-state index is 0.0426. The number of nitrogens with zero attached hydrogens (tertiary/aromatic N) is 1. The molecule has 0 atom stereocenters. The van der Waals surface area contributed by atoms with Gasteiger partial charge >= 0.3 is 85.8 Å². The molecule has 1 aromatic carbocycles. The number of nitrogens with two attached hydrogens (primary N) is 2. The first kappa shape index (κ1) is 10.2. The second kappa shape index (κ2) is 4.38. The molecule has 5 nitrogen and oxygen atoms in total. The molecule has 6 heteroatoms. The van der Waals surface area contributed by atoms with Crippen molar-refractivity contribution in [2.45, 2.75) is 4.43 Å². The number of hydrogen-bond acceptors (Lipinski definition) is 4. The zero-order chi connectivity index (χ0) is 9.84. The summed E-state index contributed by atoms with van der Waals surface area (Å²) in [6, 6.07) is 4.73. The molecule has 0 aliphatic rings. The first-order valence-corrected chi connectivity index (χ1v) is 6.23. The maximum absolute atomic E-state index is 10.4. The molecule has 4 N–H and O–H groups in total. The second-order valence-corrected chi connectivity index (χ2v) is 4.08. The van der Waals surface area contributed by atoms with Crippen molar-refractivity contribution in [2.24, 2.45) is 3.95 Å². The van der Waals surface area contributed by atoms with Gasteiger partial charge in [0.1, 0.15) is 0 Å². The molecule has 13 heavy (non-hydrogen) atoms. The Hall–Kier alpha value is -0.890. The topological polar surface area (TPSA) is 95.2 Å². The van der Waals surface area contributed by atoms with Gasteiger partial charge in [0.25, 0.3) is 0 Å². The van der Waals surface area contributed by atoms with Gasteiger partial charge in [-0.05, 0) is 0 Å². The van der Waals surface area contributed by atoms with Gasteiger partial charge in [0, 0.05) is 0 Å². The summed E-state index contributed by atoms with van der Waals surface area (Å²) in [7, 11) is 0. The van der Waals surface area contributed by atoms with Gasteiger partial charge in [-0.15, -0.1) is 0 Å². The Bertz CT molecular complexity index is 330. The molecule has 0 amide bonds. The van der Waals surface area contributed by atoms with Gasteiger partial charge in [0.2, 0.25) is 0 Å². The number of nitro groups is 1. The molecule has 1 aromatic rings. The SMILES string of the molecule is N[I-]Cc1ccc([N+](=O)[O-])c(N)c1. The van der Waals surface area contributed by atoms with Gasteiger partial charge in [0.05, 0.1) is 0 Å². The van der Waals surface area contributed by atoms with Crippen LogP contribution in [0.2, 0.25) is 0 Å².